The molecule has 6 nitrogen and oxygen atoms in total. The summed E-state index contributed by atoms with van der Waals surface area (Å²) in [5.74, 6) is 2.27. The highest BCUT2D eigenvalue weighted by Gasteiger charge is 2.35. The minimum atomic E-state index is -3.60. The van der Waals surface area contributed by atoms with Gasteiger partial charge in [0.25, 0.3) is 0 Å². The molecule has 2 aliphatic rings. The molecule has 0 saturated carbocycles. The van der Waals surface area contributed by atoms with Gasteiger partial charge in [-0.3, -0.25) is 4.90 Å². The molecule has 1 atom stereocenters. The minimum absolute atomic E-state index is 0.0275. The molecule has 2 fully saturated rings. The standard InChI is InChI=1S/C18H28N2O4S2/c1-2-24-17-6-3-4-7-18(17)26(21,22)20-8-5-13-25-15-16(20)14-19-9-11-23-12-10-19/h3-4,6-7,16H,2,5,8-15H2,1H3. The summed E-state index contributed by atoms with van der Waals surface area (Å²) >= 11 is 1.85. The van der Waals surface area contributed by atoms with E-state index in [9.17, 15) is 8.42 Å². The van der Waals surface area contributed by atoms with Crippen molar-refractivity contribution >= 4 is 21.8 Å². The lowest BCUT2D eigenvalue weighted by Crippen LogP contribution is -2.50. The van der Waals surface area contributed by atoms with Gasteiger partial charge in [-0.15, -0.1) is 0 Å². The summed E-state index contributed by atoms with van der Waals surface area (Å²) in [4.78, 5) is 2.59. The van der Waals surface area contributed by atoms with E-state index in [0.717, 1.165) is 50.8 Å². The van der Waals surface area contributed by atoms with Crippen LogP contribution in [0.5, 0.6) is 5.75 Å². The second-order valence-electron chi connectivity index (χ2n) is 6.49. The number of morpholine rings is 1. The molecule has 8 heteroatoms. The third kappa shape index (κ3) is 4.72. The molecule has 0 aliphatic carbocycles. The Morgan fingerprint density at radius 3 is 2.77 bits per heavy atom. The summed E-state index contributed by atoms with van der Waals surface area (Å²) in [6.07, 6.45) is 0.875. The van der Waals surface area contributed by atoms with E-state index in [-0.39, 0.29) is 10.9 Å². The number of nitrogens with zero attached hydrogens (tertiary/aromatic N) is 2. The van der Waals surface area contributed by atoms with Crippen molar-refractivity contribution in [2.24, 2.45) is 0 Å². The highest BCUT2D eigenvalue weighted by atomic mass is 32.2. The van der Waals surface area contributed by atoms with Crippen LogP contribution >= 0.6 is 11.8 Å². The topological polar surface area (TPSA) is 59.1 Å². The van der Waals surface area contributed by atoms with Gasteiger partial charge in [-0.05, 0) is 31.2 Å². The number of hydrogen-bond acceptors (Lipinski definition) is 6. The highest BCUT2D eigenvalue weighted by molar-refractivity contribution is 7.99. The van der Waals surface area contributed by atoms with Crippen LogP contribution < -0.4 is 4.74 Å². The van der Waals surface area contributed by atoms with E-state index >= 15 is 0 Å². The summed E-state index contributed by atoms with van der Waals surface area (Å²) in [6, 6.07) is 6.94. The minimum Gasteiger partial charge on any atom is -0.492 e. The Kier molecular flexibility index (Phi) is 7.22. The fraction of sp³-hybridized carbons (Fsp3) is 0.667. The second-order valence-corrected chi connectivity index (χ2v) is 9.50. The third-order valence-electron chi connectivity index (χ3n) is 4.69. The number of benzene rings is 1. The van der Waals surface area contributed by atoms with Gasteiger partial charge >= 0.3 is 0 Å². The maximum Gasteiger partial charge on any atom is 0.247 e. The van der Waals surface area contributed by atoms with Gasteiger partial charge < -0.3 is 9.47 Å². The molecule has 2 aliphatic heterocycles. The van der Waals surface area contributed by atoms with Crippen LogP contribution in [0.1, 0.15) is 13.3 Å². The van der Waals surface area contributed by atoms with Crippen molar-refractivity contribution in [2.45, 2.75) is 24.3 Å². The van der Waals surface area contributed by atoms with E-state index in [1.165, 1.54) is 0 Å². The van der Waals surface area contributed by atoms with Crippen LogP contribution in [0.2, 0.25) is 0 Å². The average Bonchev–Trinajstić information content (AvgIpc) is 2.89. The maximum absolute atomic E-state index is 13.5. The van der Waals surface area contributed by atoms with Crippen molar-refractivity contribution in [1.29, 1.82) is 0 Å². The SMILES string of the molecule is CCOc1ccccc1S(=O)(=O)N1CCCSCC1CN1CCOCC1. The largest absolute Gasteiger partial charge is 0.492 e. The predicted octanol–water partition coefficient (Wildman–Crippen LogP) is 1.91. The van der Waals surface area contributed by atoms with Crippen molar-refractivity contribution in [2.75, 3.05) is 57.5 Å². The second kappa shape index (κ2) is 9.41. The van der Waals surface area contributed by atoms with Crippen molar-refractivity contribution in [3.63, 3.8) is 0 Å². The first-order chi connectivity index (χ1) is 12.6. The van der Waals surface area contributed by atoms with Gasteiger partial charge in [0.15, 0.2) is 0 Å². The normalized spacial score (nSPS) is 23.5. The van der Waals surface area contributed by atoms with Gasteiger partial charge in [-0.1, -0.05) is 12.1 Å². The van der Waals surface area contributed by atoms with Crippen LogP contribution in [0.3, 0.4) is 0 Å². The maximum atomic E-state index is 13.5. The summed E-state index contributed by atoms with van der Waals surface area (Å²) in [5, 5.41) is 0. The quantitative estimate of drug-likeness (QED) is 0.727. The zero-order valence-corrected chi connectivity index (χ0v) is 16.9. The number of thioether (sulfide) groups is 1. The molecular weight excluding hydrogens is 372 g/mol. The Morgan fingerprint density at radius 1 is 1.23 bits per heavy atom. The zero-order valence-electron chi connectivity index (χ0n) is 15.3. The predicted molar refractivity (Wildman–Crippen MR) is 104 cm³/mol. The van der Waals surface area contributed by atoms with Crippen molar-refractivity contribution in [3.05, 3.63) is 24.3 Å². The van der Waals surface area contributed by atoms with Crippen LogP contribution in [0.4, 0.5) is 0 Å². The van der Waals surface area contributed by atoms with Gasteiger partial charge in [0.1, 0.15) is 10.6 Å². The Morgan fingerprint density at radius 2 is 2.00 bits per heavy atom. The number of ether oxygens (including phenoxy) is 2. The van der Waals surface area contributed by atoms with E-state index in [0.29, 0.717) is 18.9 Å². The van der Waals surface area contributed by atoms with Crippen molar-refractivity contribution in [1.82, 2.24) is 9.21 Å². The first kappa shape index (κ1) is 19.9. The number of hydrogen-bond donors (Lipinski definition) is 0. The third-order valence-corrected chi connectivity index (χ3v) is 7.88. The Labute approximate surface area is 160 Å². The molecule has 0 bridgehead atoms. The van der Waals surface area contributed by atoms with Gasteiger partial charge in [0.05, 0.1) is 19.8 Å². The van der Waals surface area contributed by atoms with Crippen LogP contribution in [0, 0.1) is 0 Å². The molecule has 0 spiro atoms. The van der Waals surface area contributed by atoms with E-state index in [1.54, 1.807) is 22.5 Å². The van der Waals surface area contributed by atoms with Gasteiger partial charge in [0, 0.05) is 38.0 Å². The fourth-order valence-electron chi connectivity index (χ4n) is 3.41. The van der Waals surface area contributed by atoms with E-state index in [2.05, 4.69) is 4.90 Å². The fourth-order valence-corrected chi connectivity index (χ4v) is 6.35. The van der Waals surface area contributed by atoms with Gasteiger partial charge in [-0.2, -0.15) is 16.1 Å². The first-order valence-electron chi connectivity index (χ1n) is 9.24. The van der Waals surface area contributed by atoms with Crippen LogP contribution in [0.15, 0.2) is 29.2 Å². The summed E-state index contributed by atoms with van der Waals surface area (Å²) < 4.78 is 39.7. The Balaban J connectivity index is 1.86. The molecule has 1 aromatic rings. The van der Waals surface area contributed by atoms with Crippen LogP contribution in [0.25, 0.3) is 0 Å². The van der Waals surface area contributed by atoms with Gasteiger partial charge in [-0.25, -0.2) is 8.42 Å². The van der Waals surface area contributed by atoms with E-state index in [4.69, 9.17) is 9.47 Å². The molecule has 1 unspecified atom stereocenters. The zero-order chi connectivity index (χ0) is 18.4. The Hall–Kier alpha value is -0.800. The lowest BCUT2D eigenvalue weighted by Gasteiger charge is -2.35. The molecule has 0 N–H and O–H groups in total. The molecule has 26 heavy (non-hydrogen) atoms. The van der Waals surface area contributed by atoms with Crippen molar-refractivity contribution < 1.29 is 17.9 Å². The molecule has 1 aromatic carbocycles. The van der Waals surface area contributed by atoms with Crippen molar-refractivity contribution in [3.8, 4) is 5.75 Å². The number of rotatable bonds is 6. The Bertz CT molecular complexity index is 678. The molecule has 0 amide bonds. The molecule has 0 radical (unpaired) electrons. The van der Waals surface area contributed by atoms with E-state index in [1.807, 2.05) is 24.8 Å². The summed E-state index contributed by atoms with van der Waals surface area (Å²) in [6.45, 7) is 6.80. The molecule has 2 saturated heterocycles. The lowest BCUT2D eigenvalue weighted by atomic mass is 10.2. The average molecular weight is 401 g/mol. The first-order valence-corrected chi connectivity index (χ1v) is 11.8. The summed E-state index contributed by atoms with van der Waals surface area (Å²) in [5.41, 5.74) is 0. The smallest absolute Gasteiger partial charge is 0.247 e. The summed E-state index contributed by atoms with van der Waals surface area (Å²) in [7, 11) is -3.60. The monoisotopic (exact) mass is 400 g/mol. The molecule has 0 aromatic heterocycles. The molecule has 3 rings (SSSR count). The van der Waals surface area contributed by atoms with Crippen LogP contribution in [-0.2, 0) is 14.8 Å². The van der Waals surface area contributed by atoms with Gasteiger partial charge in [0.2, 0.25) is 10.0 Å². The number of sulfonamides is 1. The molecule has 2 heterocycles. The highest BCUT2D eigenvalue weighted by Crippen LogP contribution is 2.30. The molecular formula is C18H28N2O4S2. The number of para-hydroxylation sites is 1. The van der Waals surface area contributed by atoms with E-state index < -0.39 is 10.0 Å². The lowest BCUT2D eigenvalue weighted by molar-refractivity contribution is 0.0309. The van der Waals surface area contributed by atoms with Crippen LogP contribution in [-0.4, -0.2) is 81.2 Å². The molecule has 146 valence electrons.